The first-order valence-corrected chi connectivity index (χ1v) is 5.45. The van der Waals surface area contributed by atoms with E-state index in [1.807, 2.05) is 0 Å². The van der Waals surface area contributed by atoms with Gasteiger partial charge in [-0.15, -0.1) is 0 Å². The maximum absolute atomic E-state index is 13.5. The fraction of sp³-hybridized carbons (Fsp3) is 0.545. The molecular formula is C11H17F2N3. The van der Waals surface area contributed by atoms with Gasteiger partial charge >= 0.3 is 0 Å². The molecule has 0 spiro atoms. The summed E-state index contributed by atoms with van der Waals surface area (Å²) in [5.41, 5.74) is 5.45. The van der Waals surface area contributed by atoms with Crippen molar-refractivity contribution in [2.45, 2.75) is 19.8 Å². The zero-order valence-electron chi connectivity index (χ0n) is 9.42. The van der Waals surface area contributed by atoms with Crippen molar-refractivity contribution in [1.29, 1.82) is 0 Å². The van der Waals surface area contributed by atoms with Crippen LogP contribution in [0.1, 0.15) is 19.8 Å². The van der Waals surface area contributed by atoms with Gasteiger partial charge in [-0.3, -0.25) is 0 Å². The fourth-order valence-electron chi connectivity index (χ4n) is 1.47. The molecule has 0 aliphatic carbocycles. The summed E-state index contributed by atoms with van der Waals surface area (Å²) in [7, 11) is 0. The van der Waals surface area contributed by atoms with Gasteiger partial charge in [-0.1, -0.05) is 13.3 Å². The lowest BCUT2D eigenvalue weighted by molar-refractivity contribution is 0.564. The summed E-state index contributed by atoms with van der Waals surface area (Å²) in [6.07, 6.45) is 2.95. The number of rotatable bonds is 6. The van der Waals surface area contributed by atoms with Crippen LogP contribution in [0.2, 0.25) is 0 Å². The monoisotopic (exact) mass is 229 g/mol. The first-order chi connectivity index (χ1) is 7.69. The molecule has 0 saturated heterocycles. The Morgan fingerprint density at radius 1 is 1.38 bits per heavy atom. The second-order valence-electron chi connectivity index (χ2n) is 3.59. The molecule has 0 radical (unpaired) electrons. The number of hydrogen-bond acceptors (Lipinski definition) is 3. The Morgan fingerprint density at radius 3 is 2.69 bits per heavy atom. The molecule has 0 fully saturated rings. The van der Waals surface area contributed by atoms with Crippen molar-refractivity contribution in [2.24, 2.45) is 5.73 Å². The second-order valence-corrected chi connectivity index (χ2v) is 3.59. The first-order valence-electron chi connectivity index (χ1n) is 5.45. The summed E-state index contributed by atoms with van der Waals surface area (Å²) in [6, 6.07) is 0.845. The van der Waals surface area contributed by atoms with Crippen LogP contribution in [-0.4, -0.2) is 24.6 Å². The van der Waals surface area contributed by atoms with Crippen LogP contribution in [-0.2, 0) is 0 Å². The van der Waals surface area contributed by atoms with Crippen LogP contribution >= 0.6 is 0 Å². The van der Waals surface area contributed by atoms with Gasteiger partial charge in [0.1, 0.15) is 5.82 Å². The van der Waals surface area contributed by atoms with Crippen LogP contribution < -0.4 is 10.6 Å². The maximum atomic E-state index is 13.5. The van der Waals surface area contributed by atoms with E-state index in [1.165, 1.54) is 0 Å². The third-order valence-electron chi connectivity index (χ3n) is 2.27. The Morgan fingerprint density at radius 2 is 2.12 bits per heavy atom. The summed E-state index contributed by atoms with van der Waals surface area (Å²) in [5.74, 6) is -1.12. The molecule has 5 heteroatoms. The summed E-state index contributed by atoms with van der Waals surface area (Å²) in [5, 5.41) is 0. The van der Waals surface area contributed by atoms with Gasteiger partial charge in [0.15, 0.2) is 11.6 Å². The normalized spacial score (nSPS) is 10.5. The molecule has 0 atom stereocenters. The van der Waals surface area contributed by atoms with E-state index in [9.17, 15) is 8.78 Å². The predicted molar refractivity (Wildman–Crippen MR) is 60.3 cm³/mol. The van der Waals surface area contributed by atoms with Gasteiger partial charge < -0.3 is 10.6 Å². The van der Waals surface area contributed by atoms with Crippen LogP contribution in [0.5, 0.6) is 0 Å². The van der Waals surface area contributed by atoms with Crippen molar-refractivity contribution in [3.63, 3.8) is 0 Å². The quantitative estimate of drug-likeness (QED) is 0.810. The van der Waals surface area contributed by atoms with Crippen molar-refractivity contribution < 1.29 is 8.78 Å². The van der Waals surface area contributed by atoms with Gasteiger partial charge in [-0.2, -0.15) is 0 Å². The Labute approximate surface area is 94.3 Å². The molecule has 16 heavy (non-hydrogen) atoms. The number of halogens is 2. The highest BCUT2D eigenvalue weighted by Crippen LogP contribution is 2.16. The van der Waals surface area contributed by atoms with E-state index < -0.39 is 11.6 Å². The molecule has 1 aromatic rings. The van der Waals surface area contributed by atoms with Crippen molar-refractivity contribution >= 4 is 5.82 Å². The van der Waals surface area contributed by atoms with E-state index in [1.54, 1.807) is 4.90 Å². The van der Waals surface area contributed by atoms with E-state index in [0.29, 0.717) is 19.6 Å². The molecule has 1 heterocycles. The Kier molecular flexibility index (Phi) is 5.11. The maximum Gasteiger partial charge on any atom is 0.168 e. The van der Waals surface area contributed by atoms with Gasteiger partial charge in [0, 0.05) is 25.7 Å². The predicted octanol–water partition coefficient (Wildman–Crippen LogP) is 1.92. The summed E-state index contributed by atoms with van der Waals surface area (Å²) < 4.78 is 26.2. The number of anilines is 1. The van der Waals surface area contributed by atoms with Gasteiger partial charge in [0.2, 0.25) is 0 Å². The zero-order valence-corrected chi connectivity index (χ0v) is 9.42. The molecule has 90 valence electrons. The van der Waals surface area contributed by atoms with Crippen molar-refractivity contribution in [3.8, 4) is 0 Å². The minimum absolute atomic E-state index is 0.181. The van der Waals surface area contributed by atoms with E-state index in [4.69, 9.17) is 5.73 Å². The average Bonchev–Trinajstić information content (AvgIpc) is 2.25. The Balaban J connectivity index is 2.82. The lowest BCUT2D eigenvalue weighted by Gasteiger charge is -2.23. The van der Waals surface area contributed by atoms with Crippen LogP contribution in [0.25, 0.3) is 0 Å². The zero-order chi connectivity index (χ0) is 12.0. The van der Waals surface area contributed by atoms with E-state index in [-0.39, 0.29) is 5.82 Å². The number of nitrogens with two attached hydrogens (primary N) is 1. The smallest absolute Gasteiger partial charge is 0.168 e. The van der Waals surface area contributed by atoms with Crippen molar-refractivity contribution in [3.05, 3.63) is 23.9 Å². The molecule has 2 N–H and O–H groups in total. The molecule has 0 unspecified atom stereocenters. The van der Waals surface area contributed by atoms with Gasteiger partial charge in [-0.25, -0.2) is 13.8 Å². The highest BCUT2D eigenvalue weighted by molar-refractivity contribution is 5.39. The number of unbranched alkanes of at least 4 members (excludes halogenated alkanes) is 1. The SMILES string of the molecule is CCCCN(CCN)c1ncc(F)cc1F. The fourth-order valence-corrected chi connectivity index (χ4v) is 1.47. The number of nitrogens with zero attached hydrogens (tertiary/aromatic N) is 2. The van der Waals surface area contributed by atoms with E-state index >= 15 is 0 Å². The van der Waals surface area contributed by atoms with Crippen LogP contribution in [0.4, 0.5) is 14.6 Å². The van der Waals surface area contributed by atoms with Crippen LogP contribution in [0.3, 0.4) is 0 Å². The molecule has 1 aromatic heterocycles. The molecular weight excluding hydrogens is 212 g/mol. The molecule has 0 saturated carbocycles. The van der Waals surface area contributed by atoms with Crippen LogP contribution in [0, 0.1) is 11.6 Å². The summed E-state index contributed by atoms with van der Waals surface area (Å²) >= 11 is 0. The highest BCUT2D eigenvalue weighted by atomic mass is 19.1. The lowest BCUT2D eigenvalue weighted by Crippen LogP contribution is -2.31. The number of pyridine rings is 1. The van der Waals surface area contributed by atoms with E-state index in [2.05, 4.69) is 11.9 Å². The molecule has 1 rings (SSSR count). The number of aromatic nitrogens is 1. The summed E-state index contributed by atoms with van der Waals surface area (Å²) in [4.78, 5) is 5.52. The number of hydrogen-bond donors (Lipinski definition) is 1. The third kappa shape index (κ3) is 3.41. The summed E-state index contributed by atoms with van der Waals surface area (Å²) in [6.45, 7) is 3.68. The van der Waals surface area contributed by atoms with Gasteiger partial charge in [-0.05, 0) is 6.42 Å². The average molecular weight is 229 g/mol. The molecule has 0 aliphatic rings. The second kappa shape index (κ2) is 6.37. The van der Waals surface area contributed by atoms with Gasteiger partial charge in [0.25, 0.3) is 0 Å². The Hall–Kier alpha value is -1.23. The lowest BCUT2D eigenvalue weighted by atomic mass is 10.3. The molecule has 0 bridgehead atoms. The molecule has 0 aliphatic heterocycles. The molecule has 0 amide bonds. The first kappa shape index (κ1) is 12.8. The molecule has 3 nitrogen and oxygen atoms in total. The Bertz CT molecular complexity index is 331. The van der Waals surface area contributed by atoms with Gasteiger partial charge in [0.05, 0.1) is 6.20 Å². The van der Waals surface area contributed by atoms with Crippen molar-refractivity contribution in [2.75, 3.05) is 24.5 Å². The standard InChI is InChI=1S/C11H17F2N3/c1-2-3-5-16(6-4-14)11-10(13)7-9(12)8-15-11/h7-8H,2-6,14H2,1H3. The minimum atomic E-state index is -0.663. The minimum Gasteiger partial charge on any atom is -0.353 e. The highest BCUT2D eigenvalue weighted by Gasteiger charge is 2.12. The largest absolute Gasteiger partial charge is 0.353 e. The topological polar surface area (TPSA) is 42.1 Å². The van der Waals surface area contributed by atoms with Crippen LogP contribution in [0.15, 0.2) is 12.3 Å². The van der Waals surface area contributed by atoms with E-state index in [0.717, 1.165) is 25.1 Å². The molecule has 0 aromatic carbocycles. The van der Waals surface area contributed by atoms with Crippen molar-refractivity contribution in [1.82, 2.24) is 4.98 Å². The third-order valence-corrected chi connectivity index (χ3v) is 2.27.